The van der Waals surface area contributed by atoms with Crippen molar-refractivity contribution in [3.63, 3.8) is 0 Å². The molecule has 2 aromatic rings. The van der Waals surface area contributed by atoms with Gasteiger partial charge in [-0.25, -0.2) is 4.98 Å². The third kappa shape index (κ3) is 5.23. The highest BCUT2D eigenvalue weighted by molar-refractivity contribution is 7.13. The molecule has 8 heteroatoms. The summed E-state index contributed by atoms with van der Waals surface area (Å²) >= 11 is 1.26. The lowest BCUT2D eigenvalue weighted by molar-refractivity contribution is -0.0143. The fourth-order valence-corrected chi connectivity index (χ4v) is 3.92. The maximum absolute atomic E-state index is 12.1. The van der Waals surface area contributed by atoms with Crippen molar-refractivity contribution < 1.29 is 9.90 Å². The molecule has 0 aromatic carbocycles. The topological polar surface area (TPSA) is 100 Å². The molecule has 2 heterocycles. The van der Waals surface area contributed by atoms with Crippen LogP contribution in [-0.4, -0.2) is 38.3 Å². The maximum atomic E-state index is 12.1. The van der Waals surface area contributed by atoms with E-state index in [-0.39, 0.29) is 5.91 Å². The van der Waals surface area contributed by atoms with Gasteiger partial charge in [0.1, 0.15) is 11.3 Å². The Morgan fingerprint density at radius 1 is 1.33 bits per heavy atom. The van der Waals surface area contributed by atoms with Crippen molar-refractivity contribution in [1.82, 2.24) is 15.2 Å². The molecule has 1 amide bonds. The molecule has 1 fully saturated rings. The van der Waals surface area contributed by atoms with Crippen LogP contribution < -0.4 is 10.6 Å². The van der Waals surface area contributed by atoms with Gasteiger partial charge in [-0.2, -0.15) is 0 Å². The number of carbonyl (C=O) groups excluding carboxylic acids is 1. The second kappa shape index (κ2) is 7.90. The van der Waals surface area contributed by atoms with Crippen molar-refractivity contribution in [3.05, 3.63) is 29.4 Å². The van der Waals surface area contributed by atoms with Gasteiger partial charge in [-0.05, 0) is 49.1 Å². The van der Waals surface area contributed by atoms with E-state index in [0.717, 1.165) is 25.7 Å². The first kappa shape index (κ1) is 19.7. The molecule has 0 saturated heterocycles. The van der Waals surface area contributed by atoms with Gasteiger partial charge >= 0.3 is 0 Å². The lowest BCUT2D eigenvalue weighted by atomic mass is 9.68. The third-order valence-corrected chi connectivity index (χ3v) is 5.95. The minimum absolute atomic E-state index is 0.273. The molecular formula is C19H27N5O2S. The summed E-state index contributed by atoms with van der Waals surface area (Å²) in [6.45, 7) is 7.28. The van der Waals surface area contributed by atoms with Crippen LogP contribution in [0.3, 0.4) is 0 Å². The predicted octanol–water partition coefficient (Wildman–Crippen LogP) is 3.56. The van der Waals surface area contributed by atoms with Crippen molar-refractivity contribution in [2.75, 3.05) is 17.2 Å². The number of hydrogen-bond acceptors (Lipinski definition) is 7. The summed E-state index contributed by atoms with van der Waals surface area (Å²) in [4.78, 5) is 16.4. The molecule has 0 spiro atoms. The van der Waals surface area contributed by atoms with Crippen LogP contribution in [0.2, 0.25) is 0 Å². The highest BCUT2D eigenvalue weighted by Crippen LogP contribution is 2.41. The van der Waals surface area contributed by atoms with E-state index in [9.17, 15) is 9.90 Å². The van der Waals surface area contributed by atoms with Gasteiger partial charge in [0.15, 0.2) is 0 Å². The van der Waals surface area contributed by atoms with Gasteiger partial charge in [-0.1, -0.05) is 32.1 Å². The van der Waals surface area contributed by atoms with Crippen LogP contribution in [-0.2, 0) is 0 Å². The van der Waals surface area contributed by atoms with E-state index in [1.807, 2.05) is 0 Å². The van der Waals surface area contributed by atoms with Gasteiger partial charge in [-0.15, -0.1) is 10.2 Å². The molecule has 0 radical (unpaired) electrons. The fourth-order valence-electron chi connectivity index (χ4n) is 3.48. The Morgan fingerprint density at radius 3 is 2.63 bits per heavy atom. The van der Waals surface area contributed by atoms with E-state index in [0.29, 0.717) is 34.4 Å². The minimum Gasteiger partial charge on any atom is -0.388 e. The van der Waals surface area contributed by atoms with Crippen molar-refractivity contribution in [2.24, 2.45) is 11.3 Å². The summed E-state index contributed by atoms with van der Waals surface area (Å²) in [5.41, 5.74) is 1.60. The Hall–Kier alpha value is -2.06. The number of anilines is 2. The van der Waals surface area contributed by atoms with Crippen LogP contribution in [0, 0.1) is 11.3 Å². The fraction of sp³-hybridized carbons (Fsp3) is 0.579. The second-order valence-corrected chi connectivity index (χ2v) is 9.18. The Morgan fingerprint density at radius 2 is 2.07 bits per heavy atom. The Labute approximate surface area is 163 Å². The first-order valence-corrected chi connectivity index (χ1v) is 10.1. The van der Waals surface area contributed by atoms with Gasteiger partial charge in [0.2, 0.25) is 5.13 Å². The van der Waals surface area contributed by atoms with Crippen LogP contribution in [0.1, 0.15) is 56.8 Å². The highest BCUT2D eigenvalue weighted by atomic mass is 32.1. The van der Waals surface area contributed by atoms with Gasteiger partial charge in [-0.3, -0.25) is 10.1 Å². The average Bonchev–Trinajstić information content (AvgIpc) is 3.13. The summed E-state index contributed by atoms with van der Waals surface area (Å²) in [5, 5.41) is 24.6. The molecule has 2 aromatic heterocycles. The van der Waals surface area contributed by atoms with E-state index < -0.39 is 5.60 Å². The quantitative estimate of drug-likeness (QED) is 0.723. The van der Waals surface area contributed by atoms with E-state index in [1.165, 1.54) is 17.5 Å². The first-order chi connectivity index (χ1) is 12.8. The third-order valence-electron chi connectivity index (χ3n) is 5.35. The van der Waals surface area contributed by atoms with Crippen molar-refractivity contribution in [1.29, 1.82) is 0 Å². The molecule has 1 aliphatic carbocycles. The van der Waals surface area contributed by atoms with Gasteiger partial charge in [0.05, 0.1) is 11.2 Å². The molecule has 0 atom stereocenters. The van der Waals surface area contributed by atoms with Gasteiger partial charge < -0.3 is 10.4 Å². The lowest BCUT2D eigenvalue weighted by Crippen LogP contribution is -2.42. The number of nitrogens with one attached hydrogen (secondary N) is 2. The zero-order valence-corrected chi connectivity index (χ0v) is 16.8. The number of carbonyl (C=O) groups is 1. The lowest BCUT2D eigenvalue weighted by Gasteiger charge is -2.41. The van der Waals surface area contributed by atoms with E-state index >= 15 is 0 Å². The van der Waals surface area contributed by atoms with E-state index in [2.05, 4.69) is 46.6 Å². The summed E-state index contributed by atoms with van der Waals surface area (Å²) in [5.74, 6) is 1.03. The van der Waals surface area contributed by atoms with Gasteiger partial charge in [0, 0.05) is 12.7 Å². The number of nitrogens with zero attached hydrogens (tertiary/aromatic N) is 3. The molecule has 3 N–H and O–H groups in total. The Kier molecular flexibility index (Phi) is 5.76. The van der Waals surface area contributed by atoms with Crippen LogP contribution in [0.25, 0.3) is 0 Å². The molecule has 146 valence electrons. The molecule has 0 bridgehead atoms. The average molecular weight is 390 g/mol. The number of aromatic nitrogens is 3. The minimum atomic E-state index is -0.697. The van der Waals surface area contributed by atoms with Crippen molar-refractivity contribution in [2.45, 2.75) is 52.1 Å². The normalized spacial score (nSPS) is 23.0. The summed E-state index contributed by atoms with van der Waals surface area (Å²) in [6, 6.07) is 3.45. The number of pyridine rings is 1. The van der Waals surface area contributed by atoms with Crippen LogP contribution in [0.4, 0.5) is 10.9 Å². The molecule has 27 heavy (non-hydrogen) atoms. The van der Waals surface area contributed by atoms with Crippen molar-refractivity contribution in [3.8, 4) is 0 Å². The summed E-state index contributed by atoms with van der Waals surface area (Å²) in [6.07, 6.45) is 5.19. The zero-order chi connectivity index (χ0) is 19.5. The van der Waals surface area contributed by atoms with E-state index in [4.69, 9.17) is 0 Å². The largest absolute Gasteiger partial charge is 0.388 e. The molecule has 0 unspecified atom stereocenters. The van der Waals surface area contributed by atoms with Crippen LogP contribution >= 0.6 is 11.3 Å². The highest BCUT2D eigenvalue weighted by Gasteiger charge is 2.37. The maximum Gasteiger partial charge on any atom is 0.259 e. The number of hydrogen-bond donors (Lipinski definition) is 3. The number of aliphatic hydroxyl groups is 1. The SMILES string of the molecule is CC(C)(C)C1CCC(O)(CNc2ccc(C(=O)Nc3nncs3)cn2)CC1. The summed E-state index contributed by atoms with van der Waals surface area (Å²) in [7, 11) is 0. The van der Waals surface area contributed by atoms with Gasteiger partial charge in [0.25, 0.3) is 5.91 Å². The number of rotatable bonds is 5. The second-order valence-electron chi connectivity index (χ2n) is 8.35. The molecule has 3 rings (SSSR count). The first-order valence-electron chi connectivity index (χ1n) is 9.25. The monoisotopic (exact) mass is 389 g/mol. The molecule has 0 aliphatic heterocycles. The molecule has 1 saturated carbocycles. The molecule has 7 nitrogen and oxygen atoms in total. The summed E-state index contributed by atoms with van der Waals surface area (Å²) < 4.78 is 0. The Balaban J connectivity index is 1.51. The standard InChI is InChI=1S/C19H27N5O2S/c1-18(2,3)14-6-8-19(26,9-7-14)11-21-15-5-4-13(10-20-15)16(25)23-17-24-22-12-27-17/h4-5,10,12,14,26H,6-9,11H2,1-3H3,(H,20,21)(H,23,24,25). The van der Waals surface area contributed by atoms with Crippen LogP contribution in [0.5, 0.6) is 0 Å². The molecular weight excluding hydrogens is 362 g/mol. The smallest absolute Gasteiger partial charge is 0.259 e. The predicted molar refractivity (Wildman–Crippen MR) is 107 cm³/mol. The van der Waals surface area contributed by atoms with E-state index in [1.54, 1.807) is 17.6 Å². The van der Waals surface area contributed by atoms with Crippen LogP contribution in [0.15, 0.2) is 23.8 Å². The van der Waals surface area contributed by atoms with Crippen molar-refractivity contribution >= 4 is 28.2 Å². The molecule has 1 aliphatic rings. The Bertz CT molecular complexity index is 747. The zero-order valence-electron chi connectivity index (χ0n) is 16.0. The number of amides is 1.